The molecule has 0 unspecified atom stereocenters. The molecule has 0 aliphatic heterocycles. The summed E-state index contributed by atoms with van der Waals surface area (Å²) in [6.45, 7) is 0. The highest BCUT2D eigenvalue weighted by molar-refractivity contribution is 6.14. The average molecular weight is 753 g/mol. The maximum atomic E-state index is 9.48. The van der Waals surface area contributed by atoms with Gasteiger partial charge in [-0.2, -0.15) is 5.26 Å². The fourth-order valence-corrected chi connectivity index (χ4v) is 8.25. The van der Waals surface area contributed by atoms with Gasteiger partial charge in [0.2, 0.25) is 0 Å². The first kappa shape index (κ1) is 34.1. The Kier molecular flexibility index (Phi) is 8.13. The maximum Gasteiger partial charge on any atom is 0.164 e. The summed E-state index contributed by atoms with van der Waals surface area (Å²) in [6, 6.07) is 68.7. The van der Waals surface area contributed by atoms with Crippen molar-refractivity contribution in [2.45, 2.75) is 0 Å². The van der Waals surface area contributed by atoms with Crippen molar-refractivity contribution < 1.29 is 4.42 Å². The van der Waals surface area contributed by atoms with Crippen molar-refractivity contribution in [2.75, 3.05) is 0 Å². The van der Waals surface area contributed by atoms with Crippen LogP contribution < -0.4 is 0 Å². The molecular formula is C54H32N4O. The van der Waals surface area contributed by atoms with E-state index in [9.17, 15) is 5.26 Å². The third kappa shape index (κ3) is 6.08. The van der Waals surface area contributed by atoms with Crippen LogP contribution in [0.15, 0.2) is 199 Å². The van der Waals surface area contributed by atoms with Crippen LogP contribution in [0.4, 0.5) is 0 Å². The summed E-state index contributed by atoms with van der Waals surface area (Å²) in [5, 5.41) is 16.1. The number of nitrogens with zero attached hydrogens (tertiary/aromatic N) is 4. The molecule has 274 valence electrons. The summed E-state index contributed by atoms with van der Waals surface area (Å²) >= 11 is 0. The molecule has 0 fully saturated rings. The molecule has 0 aliphatic carbocycles. The Balaban J connectivity index is 1.05. The number of nitriles is 1. The largest absolute Gasteiger partial charge is 0.456 e. The number of rotatable bonds is 6. The van der Waals surface area contributed by atoms with Gasteiger partial charge in [0.25, 0.3) is 0 Å². The Morgan fingerprint density at radius 3 is 1.75 bits per heavy atom. The molecule has 0 spiro atoms. The zero-order valence-electron chi connectivity index (χ0n) is 31.7. The SMILES string of the molecule is N#Cc1cccc(-c2ccc(-c3nc(-c4ccc5c(c4)oc4cccc(-c6ccc(-c7ccccc7)cc6)c45)nc(-c4cc5ccccc5c5ccccc45)n3)cc2)c1. The van der Waals surface area contributed by atoms with Crippen LogP contribution in [0.25, 0.3) is 111 Å². The van der Waals surface area contributed by atoms with Gasteiger partial charge >= 0.3 is 0 Å². The lowest BCUT2D eigenvalue weighted by molar-refractivity contribution is 0.669. The number of benzene rings is 9. The van der Waals surface area contributed by atoms with Crippen LogP contribution in [0.2, 0.25) is 0 Å². The number of fused-ring (bicyclic) bond motifs is 6. The molecule has 5 heteroatoms. The van der Waals surface area contributed by atoms with Crippen LogP contribution >= 0.6 is 0 Å². The Hall–Kier alpha value is -8.20. The first-order chi connectivity index (χ1) is 29.2. The second-order valence-corrected chi connectivity index (χ2v) is 14.7. The molecule has 2 heterocycles. The molecular weight excluding hydrogens is 721 g/mol. The van der Waals surface area contributed by atoms with Crippen molar-refractivity contribution in [1.29, 1.82) is 5.26 Å². The average Bonchev–Trinajstić information content (AvgIpc) is 3.70. The highest BCUT2D eigenvalue weighted by atomic mass is 16.3. The van der Waals surface area contributed by atoms with E-state index in [1.165, 1.54) is 16.5 Å². The van der Waals surface area contributed by atoms with Gasteiger partial charge in [0.1, 0.15) is 11.2 Å². The monoisotopic (exact) mass is 752 g/mol. The fraction of sp³-hybridized carbons (Fsp3) is 0. The third-order valence-corrected chi connectivity index (χ3v) is 11.2. The summed E-state index contributed by atoms with van der Waals surface area (Å²) in [4.78, 5) is 15.5. The van der Waals surface area contributed by atoms with Crippen molar-refractivity contribution in [1.82, 2.24) is 15.0 Å². The molecule has 59 heavy (non-hydrogen) atoms. The Labute approximate surface area is 340 Å². The van der Waals surface area contributed by atoms with Gasteiger partial charge in [-0.15, -0.1) is 0 Å². The molecule has 0 radical (unpaired) electrons. The van der Waals surface area contributed by atoms with Gasteiger partial charge in [0.15, 0.2) is 17.5 Å². The topological polar surface area (TPSA) is 75.6 Å². The van der Waals surface area contributed by atoms with E-state index >= 15 is 0 Å². The van der Waals surface area contributed by atoms with Crippen molar-refractivity contribution >= 4 is 43.5 Å². The minimum Gasteiger partial charge on any atom is -0.456 e. The van der Waals surface area contributed by atoms with E-state index in [-0.39, 0.29) is 0 Å². The van der Waals surface area contributed by atoms with Crippen molar-refractivity contribution in [3.8, 4) is 73.6 Å². The molecule has 0 N–H and O–H groups in total. The molecule has 2 aromatic heterocycles. The molecule has 11 rings (SSSR count). The number of aromatic nitrogens is 3. The smallest absolute Gasteiger partial charge is 0.164 e. The van der Waals surface area contributed by atoms with Gasteiger partial charge < -0.3 is 4.42 Å². The van der Waals surface area contributed by atoms with Crippen molar-refractivity contribution in [3.05, 3.63) is 200 Å². The van der Waals surface area contributed by atoms with E-state index in [1.807, 2.05) is 66.7 Å². The second-order valence-electron chi connectivity index (χ2n) is 14.7. The molecule has 5 nitrogen and oxygen atoms in total. The molecule has 0 bridgehead atoms. The number of hydrogen-bond donors (Lipinski definition) is 0. The van der Waals surface area contributed by atoms with Crippen LogP contribution in [0.1, 0.15) is 5.56 Å². The zero-order chi connectivity index (χ0) is 39.3. The van der Waals surface area contributed by atoms with Crippen LogP contribution in [0, 0.1) is 11.3 Å². The predicted octanol–water partition coefficient (Wildman–Crippen LogP) is 14.0. The van der Waals surface area contributed by atoms with Crippen molar-refractivity contribution in [3.63, 3.8) is 0 Å². The first-order valence-corrected chi connectivity index (χ1v) is 19.6. The lowest BCUT2D eigenvalue weighted by Gasteiger charge is -2.12. The van der Waals surface area contributed by atoms with Crippen LogP contribution in [0.3, 0.4) is 0 Å². The van der Waals surface area contributed by atoms with E-state index < -0.39 is 0 Å². The van der Waals surface area contributed by atoms with Gasteiger partial charge in [0.05, 0.1) is 11.6 Å². The van der Waals surface area contributed by atoms with Gasteiger partial charge in [-0.25, -0.2) is 15.0 Å². The molecule has 0 aliphatic rings. The normalized spacial score (nSPS) is 11.4. The Morgan fingerprint density at radius 1 is 0.356 bits per heavy atom. The van der Waals surface area contributed by atoms with E-state index in [2.05, 4.69) is 133 Å². The third-order valence-electron chi connectivity index (χ3n) is 11.2. The van der Waals surface area contributed by atoms with Gasteiger partial charge in [-0.05, 0) is 91.3 Å². The molecule has 0 saturated heterocycles. The standard InChI is InChI=1S/C54H32N4O/c55-33-34-10-8-14-40(30-34)37-22-26-39(27-23-37)52-56-53(58-54(57-52)48-31-41-13-4-5-15-43(41)45-16-6-7-17-46(45)48)42-28-29-47-50(32-42)59-49-19-9-18-44(51(47)49)38-24-20-36(21-25-38)35-11-2-1-3-12-35/h1-32H. The van der Waals surface area contributed by atoms with Crippen LogP contribution in [0.5, 0.6) is 0 Å². The zero-order valence-corrected chi connectivity index (χ0v) is 31.7. The molecule has 0 atom stereocenters. The maximum absolute atomic E-state index is 9.48. The second kappa shape index (κ2) is 14.1. The van der Waals surface area contributed by atoms with Crippen LogP contribution in [-0.4, -0.2) is 15.0 Å². The molecule has 11 aromatic rings. The van der Waals surface area contributed by atoms with Gasteiger partial charge in [0, 0.05) is 27.5 Å². The lowest BCUT2D eigenvalue weighted by atomic mass is 9.96. The Morgan fingerprint density at radius 2 is 0.949 bits per heavy atom. The summed E-state index contributed by atoms with van der Waals surface area (Å²) < 4.78 is 6.59. The summed E-state index contributed by atoms with van der Waals surface area (Å²) in [5.74, 6) is 1.70. The first-order valence-electron chi connectivity index (χ1n) is 19.6. The van der Waals surface area contributed by atoms with E-state index in [1.54, 1.807) is 0 Å². The van der Waals surface area contributed by atoms with E-state index in [4.69, 9.17) is 19.4 Å². The molecule has 0 amide bonds. The molecule has 9 aromatic carbocycles. The molecule has 0 saturated carbocycles. The fourth-order valence-electron chi connectivity index (χ4n) is 8.25. The predicted molar refractivity (Wildman–Crippen MR) is 239 cm³/mol. The van der Waals surface area contributed by atoms with Crippen molar-refractivity contribution in [2.24, 2.45) is 0 Å². The van der Waals surface area contributed by atoms with E-state index in [0.29, 0.717) is 23.0 Å². The van der Waals surface area contributed by atoms with Crippen LogP contribution in [-0.2, 0) is 0 Å². The number of hydrogen-bond acceptors (Lipinski definition) is 5. The summed E-state index contributed by atoms with van der Waals surface area (Å²) in [7, 11) is 0. The van der Waals surface area contributed by atoms with E-state index in [0.717, 1.165) is 77.0 Å². The van der Waals surface area contributed by atoms with Gasteiger partial charge in [-0.1, -0.05) is 158 Å². The summed E-state index contributed by atoms with van der Waals surface area (Å²) in [5.41, 5.74) is 11.4. The quantitative estimate of drug-likeness (QED) is 0.158. The minimum absolute atomic E-state index is 0.548. The highest BCUT2D eigenvalue weighted by Gasteiger charge is 2.19. The Bertz CT molecular complexity index is 3440. The minimum atomic E-state index is 0.548. The van der Waals surface area contributed by atoms with Gasteiger partial charge in [-0.3, -0.25) is 0 Å². The highest BCUT2D eigenvalue weighted by Crippen LogP contribution is 2.40. The summed E-state index contributed by atoms with van der Waals surface area (Å²) in [6.07, 6.45) is 0. The number of furan rings is 1. The lowest BCUT2D eigenvalue weighted by Crippen LogP contribution is -2.01.